The molecule has 5 heteroatoms. The standard InChI is InChI=1S/C22H30O5/c1-21(2,3)15-7-13(11-23)19(25)17(9-15)27-18-10-16(22(4,5)6)8-14(12-24)20(18)26/h7-10,23-26H,11-12H2,1-6H3. The van der Waals surface area contributed by atoms with Crippen LogP contribution in [-0.4, -0.2) is 20.4 Å². The van der Waals surface area contributed by atoms with Crippen LogP contribution in [0.5, 0.6) is 23.0 Å². The molecule has 0 aliphatic heterocycles. The molecule has 2 rings (SSSR count). The highest BCUT2D eigenvalue weighted by molar-refractivity contribution is 5.55. The molecule has 0 unspecified atom stereocenters. The van der Waals surface area contributed by atoms with Crippen LogP contribution in [0.1, 0.15) is 63.8 Å². The highest BCUT2D eigenvalue weighted by atomic mass is 16.5. The molecule has 0 bridgehead atoms. The zero-order valence-electron chi connectivity index (χ0n) is 16.9. The van der Waals surface area contributed by atoms with Gasteiger partial charge in [-0.25, -0.2) is 0 Å². The van der Waals surface area contributed by atoms with Gasteiger partial charge in [0.1, 0.15) is 0 Å². The van der Waals surface area contributed by atoms with Crippen LogP contribution in [0, 0.1) is 0 Å². The van der Waals surface area contributed by atoms with Crippen molar-refractivity contribution in [2.45, 2.75) is 65.6 Å². The molecular formula is C22H30O5. The lowest BCUT2D eigenvalue weighted by Gasteiger charge is -2.24. The van der Waals surface area contributed by atoms with Gasteiger partial charge in [-0.05, 0) is 46.2 Å². The fraction of sp³-hybridized carbons (Fsp3) is 0.455. The first-order valence-corrected chi connectivity index (χ1v) is 9.00. The van der Waals surface area contributed by atoms with Crippen molar-refractivity contribution in [2.24, 2.45) is 0 Å². The van der Waals surface area contributed by atoms with Crippen molar-refractivity contribution in [3.8, 4) is 23.0 Å². The first kappa shape index (κ1) is 21.1. The summed E-state index contributed by atoms with van der Waals surface area (Å²) in [5, 5.41) is 40.1. The van der Waals surface area contributed by atoms with E-state index >= 15 is 0 Å². The summed E-state index contributed by atoms with van der Waals surface area (Å²) in [6.45, 7) is 11.5. The van der Waals surface area contributed by atoms with E-state index < -0.39 is 0 Å². The Labute approximate surface area is 160 Å². The highest BCUT2D eigenvalue weighted by Gasteiger charge is 2.23. The monoisotopic (exact) mass is 374 g/mol. The average Bonchev–Trinajstić information content (AvgIpc) is 2.56. The van der Waals surface area contributed by atoms with Crippen molar-refractivity contribution < 1.29 is 25.2 Å². The second-order valence-electron chi connectivity index (χ2n) is 8.88. The van der Waals surface area contributed by atoms with Gasteiger partial charge in [-0.2, -0.15) is 0 Å². The number of aliphatic hydroxyl groups is 2. The molecule has 2 aromatic rings. The number of phenols is 2. The Morgan fingerprint density at radius 3 is 1.26 bits per heavy atom. The molecule has 4 N–H and O–H groups in total. The SMILES string of the molecule is CC(C)(C)c1cc(CO)c(O)c(Oc2cc(C(C)(C)C)cc(CO)c2O)c1. The molecule has 0 aliphatic rings. The molecule has 5 nitrogen and oxygen atoms in total. The fourth-order valence-corrected chi connectivity index (χ4v) is 2.71. The fourth-order valence-electron chi connectivity index (χ4n) is 2.71. The van der Waals surface area contributed by atoms with Crippen LogP contribution in [0.4, 0.5) is 0 Å². The van der Waals surface area contributed by atoms with Crippen molar-refractivity contribution in [2.75, 3.05) is 0 Å². The minimum atomic E-state index is -0.331. The Morgan fingerprint density at radius 2 is 1.00 bits per heavy atom. The summed E-state index contributed by atoms with van der Waals surface area (Å²) < 4.78 is 5.87. The zero-order valence-corrected chi connectivity index (χ0v) is 16.9. The van der Waals surface area contributed by atoms with Crippen LogP contribution in [-0.2, 0) is 24.0 Å². The summed E-state index contributed by atoms with van der Waals surface area (Å²) in [4.78, 5) is 0. The van der Waals surface area contributed by atoms with E-state index in [1.165, 1.54) is 0 Å². The third-order valence-corrected chi connectivity index (χ3v) is 4.60. The molecule has 0 aromatic heterocycles. The van der Waals surface area contributed by atoms with E-state index in [4.69, 9.17) is 4.74 Å². The van der Waals surface area contributed by atoms with Crippen LogP contribution >= 0.6 is 0 Å². The lowest BCUT2D eigenvalue weighted by Crippen LogP contribution is -2.13. The van der Waals surface area contributed by atoms with E-state index in [2.05, 4.69) is 0 Å². The van der Waals surface area contributed by atoms with Crippen LogP contribution < -0.4 is 4.74 Å². The number of benzene rings is 2. The average molecular weight is 374 g/mol. The summed E-state index contributed by atoms with van der Waals surface area (Å²) in [7, 11) is 0. The topological polar surface area (TPSA) is 90.2 Å². The van der Waals surface area contributed by atoms with Gasteiger partial charge in [0.15, 0.2) is 23.0 Å². The summed E-state index contributed by atoms with van der Waals surface area (Å²) in [5.41, 5.74) is 2.03. The highest BCUT2D eigenvalue weighted by Crippen LogP contribution is 2.43. The smallest absolute Gasteiger partial charge is 0.169 e. The maximum absolute atomic E-state index is 10.5. The molecule has 0 spiro atoms. The minimum Gasteiger partial charge on any atom is -0.504 e. The van der Waals surface area contributed by atoms with Crippen molar-refractivity contribution in [1.82, 2.24) is 0 Å². The summed E-state index contributed by atoms with van der Waals surface area (Å²) in [5.74, 6) is -0.0401. The Hall–Kier alpha value is -2.24. The predicted molar refractivity (Wildman–Crippen MR) is 106 cm³/mol. The van der Waals surface area contributed by atoms with Gasteiger partial charge in [0.05, 0.1) is 13.2 Å². The lowest BCUT2D eigenvalue weighted by molar-refractivity contribution is 0.270. The van der Waals surface area contributed by atoms with Gasteiger partial charge >= 0.3 is 0 Å². The third kappa shape index (κ3) is 4.54. The second kappa shape index (κ2) is 7.41. The molecular weight excluding hydrogens is 344 g/mol. The molecule has 0 atom stereocenters. The van der Waals surface area contributed by atoms with E-state index in [9.17, 15) is 20.4 Å². The first-order valence-electron chi connectivity index (χ1n) is 9.00. The Balaban J connectivity index is 2.63. The Morgan fingerprint density at radius 1 is 0.667 bits per heavy atom. The zero-order chi connectivity index (χ0) is 20.6. The van der Waals surface area contributed by atoms with Crippen LogP contribution in [0.25, 0.3) is 0 Å². The molecule has 27 heavy (non-hydrogen) atoms. The van der Waals surface area contributed by atoms with Crippen molar-refractivity contribution in [1.29, 1.82) is 0 Å². The predicted octanol–water partition coefficient (Wildman–Crippen LogP) is 4.47. The van der Waals surface area contributed by atoms with Gasteiger partial charge in [-0.15, -0.1) is 0 Å². The largest absolute Gasteiger partial charge is 0.504 e. The van der Waals surface area contributed by atoms with E-state index in [1.807, 2.05) is 41.5 Å². The summed E-state index contributed by atoms with van der Waals surface area (Å²) >= 11 is 0. The number of rotatable bonds is 4. The van der Waals surface area contributed by atoms with Crippen LogP contribution in [0.15, 0.2) is 24.3 Å². The van der Waals surface area contributed by atoms with Gasteiger partial charge in [0.2, 0.25) is 0 Å². The maximum atomic E-state index is 10.5. The summed E-state index contributed by atoms with van der Waals surface area (Å²) in [6.07, 6.45) is 0. The van der Waals surface area contributed by atoms with Gasteiger partial charge in [-0.1, -0.05) is 41.5 Å². The third-order valence-electron chi connectivity index (χ3n) is 4.60. The van der Waals surface area contributed by atoms with E-state index in [0.717, 1.165) is 11.1 Å². The number of aromatic hydroxyl groups is 2. The van der Waals surface area contributed by atoms with Crippen molar-refractivity contribution in [3.63, 3.8) is 0 Å². The molecule has 0 radical (unpaired) electrons. The van der Waals surface area contributed by atoms with Gasteiger partial charge in [0.25, 0.3) is 0 Å². The van der Waals surface area contributed by atoms with Crippen molar-refractivity contribution in [3.05, 3.63) is 46.5 Å². The second-order valence-corrected chi connectivity index (χ2v) is 8.88. The maximum Gasteiger partial charge on any atom is 0.169 e. The Kier molecular flexibility index (Phi) is 5.78. The van der Waals surface area contributed by atoms with E-state index in [-0.39, 0.29) is 47.0 Å². The van der Waals surface area contributed by atoms with Crippen LogP contribution in [0.2, 0.25) is 0 Å². The Bertz CT molecular complexity index is 757. The van der Waals surface area contributed by atoms with Gasteiger partial charge < -0.3 is 25.2 Å². The lowest BCUT2D eigenvalue weighted by atomic mass is 9.85. The number of hydrogen-bond donors (Lipinski definition) is 4. The quantitative estimate of drug-likeness (QED) is 0.634. The van der Waals surface area contributed by atoms with E-state index in [0.29, 0.717) is 11.1 Å². The number of hydrogen-bond acceptors (Lipinski definition) is 5. The number of aliphatic hydroxyl groups excluding tert-OH is 2. The minimum absolute atomic E-state index is 0.150. The molecule has 0 aliphatic carbocycles. The molecule has 0 saturated heterocycles. The van der Waals surface area contributed by atoms with Gasteiger partial charge in [0, 0.05) is 11.1 Å². The van der Waals surface area contributed by atoms with E-state index in [1.54, 1.807) is 24.3 Å². The molecule has 2 aromatic carbocycles. The van der Waals surface area contributed by atoms with Crippen LogP contribution in [0.3, 0.4) is 0 Å². The molecule has 0 saturated carbocycles. The first-order chi connectivity index (χ1) is 12.4. The molecule has 148 valence electrons. The number of ether oxygens (including phenoxy) is 1. The molecule has 0 fully saturated rings. The molecule has 0 amide bonds. The summed E-state index contributed by atoms with van der Waals surface area (Å²) in [6, 6.07) is 6.90. The van der Waals surface area contributed by atoms with Gasteiger partial charge in [-0.3, -0.25) is 0 Å². The van der Waals surface area contributed by atoms with Crippen molar-refractivity contribution >= 4 is 0 Å². The molecule has 0 heterocycles. The normalized spacial score (nSPS) is 12.3.